The van der Waals surface area contributed by atoms with Gasteiger partial charge in [-0.15, -0.1) is 11.8 Å². The highest BCUT2D eigenvalue weighted by atomic mass is 32.2. The topological polar surface area (TPSA) is 70.7 Å². The first-order valence-corrected chi connectivity index (χ1v) is 7.34. The smallest absolute Gasteiger partial charge is 0.230 e. The van der Waals surface area contributed by atoms with E-state index >= 15 is 0 Å². The van der Waals surface area contributed by atoms with Gasteiger partial charge in [-0.25, -0.2) is 0 Å². The first kappa shape index (κ1) is 16.3. The Morgan fingerprint density at radius 1 is 1.32 bits per heavy atom. The number of carbonyl (C=O) groups is 2. The number of ether oxygens (including phenoxy) is 1. The van der Waals surface area contributed by atoms with Gasteiger partial charge in [0.2, 0.25) is 11.8 Å². The standard InChI is InChI=1S/C12H21N3O3S/c1-10(16)13-3-4-14-12(17)9-19-11(2)15-5-7-18-8-6-15/h2,11H,3-9H2,1H3,(H,13,16)(H,14,17). The number of nitrogens with zero attached hydrogens (tertiary/aromatic N) is 1. The minimum atomic E-state index is -0.176. The summed E-state index contributed by atoms with van der Waals surface area (Å²) in [6.45, 7) is 11.3. The number of amides is 2. The third-order valence-corrected chi connectivity index (χ3v) is 3.68. The molecule has 2 N–H and O–H groups in total. The summed E-state index contributed by atoms with van der Waals surface area (Å²) in [5.41, 5.74) is 0. The molecule has 1 heterocycles. The first-order chi connectivity index (χ1) is 9.09. The van der Waals surface area contributed by atoms with Crippen molar-refractivity contribution in [2.24, 2.45) is 0 Å². The van der Waals surface area contributed by atoms with E-state index in [1.807, 2.05) is 0 Å². The molecule has 0 aromatic rings. The second-order valence-electron chi connectivity index (χ2n) is 4.18. The molecule has 7 heteroatoms. The molecular formula is C12H21N3O3S. The van der Waals surface area contributed by atoms with Crippen LogP contribution in [0.25, 0.3) is 0 Å². The van der Waals surface area contributed by atoms with Crippen LogP contribution in [0.1, 0.15) is 6.92 Å². The fourth-order valence-electron chi connectivity index (χ4n) is 1.59. The molecule has 6 nitrogen and oxygen atoms in total. The van der Waals surface area contributed by atoms with Gasteiger partial charge in [-0.2, -0.15) is 0 Å². The number of thioether (sulfide) groups is 1. The van der Waals surface area contributed by atoms with Crippen LogP contribution in [0.5, 0.6) is 0 Å². The Morgan fingerprint density at radius 2 is 1.95 bits per heavy atom. The Hall–Kier alpha value is -0.790. The number of rotatable bonds is 7. The van der Waals surface area contributed by atoms with Crippen LogP contribution >= 0.6 is 11.8 Å². The lowest BCUT2D eigenvalue weighted by Crippen LogP contribution is -2.41. The molecule has 0 aromatic heterocycles. The SMILES string of the molecule is [CH]C(SCC(=O)NCCNC(C)=O)N1CCOCC1. The molecule has 1 aliphatic heterocycles. The van der Waals surface area contributed by atoms with Gasteiger partial charge >= 0.3 is 0 Å². The van der Waals surface area contributed by atoms with Crippen molar-refractivity contribution in [3.8, 4) is 0 Å². The molecule has 2 amide bonds. The summed E-state index contributed by atoms with van der Waals surface area (Å²) in [6, 6.07) is 0. The van der Waals surface area contributed by atoms with Gasteiger partial charge in [-0.3, -0.25) is 14.5 Å². The van der Waals surface area contributed by atoms with E-state index in [9.17, 15) is 9.59 Å². The van der Waals surface area contributed by atoms with Crippen LogP contribution < -0.4 is 10.6 Å². The normalized spacial score (nSPS) is 17.8. The Bertz CT molecular complexity index is 296. The second kappa shape index (κ2) is 9.17. The van der Waals surface area contributed by atoms with Gasteiger partial charge in [-0.1, -0.05) is 0 Å². The van der Waals surface area contributed by atoms with Crippen LogP contribution in [0.4, 0.5) is 0 Å². The highest BCUT2D eigenvalue weighted by Gasteiger charge is 2.18. The van der Waals surface area contributed by atoms with Crippen molar-refractivity contribution in [1.29, 1.82) is 0 Å². The van der Waals surface area contributed by atoms with E-state index in [0.29, 0.717) is 32.1 Å². The molecule has 108 valence electrons. The summed E-state index contributed by atoms with van der Waals surface area (Å²) in [6.07, 6.45) is 0. The lowest BCUT2D eigenvalue weighted by Gasteiger charge is -2.31. The summed E-state index contributed by atoms with van der Waals surface area (Å²) < 4.78 is 5.24. The Kier molecular flexibility index (Phi) is 7.85. The van der Waals surface area contributed by atoms with Crippen LogP contribution in [0.3, 0.4) is 0 Å². The van der Waals surface area contributed by atoms with Gasteiger partial charge in [0.15, 0.2) is 0 Å². The molecule has 1 saturated heterocycles. The van der Waals surface area contributed by atoms with E-state index in [-0.39, 0.29) is 17.2 Å². The van der Waals surface area contributed by atoms with Crippen LogP contribution in [-0.2, 0) is 14.3 Å². The van der Waals surface area contributed by atoms with Crippen LogP contribution in [0.15, 0.2) is 0 Å². The fraction of sp³-hybridized carbons (Fsp3) is 0.750. The molecular weight excluding hydrogens is 266 g/mol. The third-order valence-electron chi connectivity index (χ3n) is 2.61. The van der Waals surface area contributed by atoms with Gasteiger partial charge in [-0.05, 0) is 6.92 Å². The van der Waals surface area contributed by atoms with Crippen molar-refractivity contribution in [1.82, 2.24) is 15.5 Å². The van der Waals surface area contributed by atoms with Gasteiger partial charge < -0.3 is 15.4 Å². The molecule has 1 fully saturated rings. The quantitative estimate of drug-likeness (QED) is 0.609. The zero-order valence-corrected chi connectivity index (χ0v) is 12.0. The van der Waals surface area contributed by atoms with E-state index in [2.05, 4.69) is 15.5 Å². The van der Waals surface area contributed by atoms with Crippen molar-refractivity contribution in [2.45, 2.75) is 12.3 Å². The maximum Gasteiger partial charge on any atom is 0.230 e. The molecule has 0 spiro atoms. The van der Waals surface area contributed by atoms with Crippen molar-refractivity contribution in [2.75, 3.05) is 45.1 Å². The molecule has 1 aliphatic rings. The zero-order valence-electron chi connectivity index (χ0n) is 11.2. The average molecular weight is 287 g/mol. The summed E-state index contributed by atoms with van der Waals surface area (Å²) in [5.74, 6) is 0.149. The predicted octanol–water partition coefficient (Wildman–Crippen LogP) is -0.659. The molecule has 0 aliphatic carbocycles. The lowest BCUT2D eigenvalue weighted by molar-refractivity contribution is -0.120. The van der Waals surface area contributed by atoms with Gasteiger partial charge in [0.25, 0.3) is 0 Å². The van der Waals surface area contributed by atoms with Crippen molar-refractivity contribution < 1.29 is 14.3 Å². The van der Waals surface area contributed by atoms with E-state index < -0.39 is 0 Å². The summed E-state index contributed by atoms with van der Waals surface area (Å²) in [5, 5.41) is 5.16. The minimum absolute atomic E-state index is 0.0703. The number of hydrogen-bond acceptors (Lipinski definition) is 5. The van der Waals surface area contributed by atoms with E-state index in [1.54, 1.807) is 0 Å². The third kappa shape index (κ3) is 7.39. The van der Waals surface area contributed by atoms with Crippen molar-refractivity contribution >= 4 is 23.6 Å². The predicted molar refractivity (Wildman–Crippen MR) is 74.6 cm³/mol. The van der Waals surface area contributed by atoms with Crippen molar-refractivity contribution in [3.63, 3.8) is 0 Å². The Morgan fingerprint density at radius 3 is 2.58 bits per heavy atom. The molecule has 1 rings (SSSR count). The number of nitrogens with one attached hydrogen (secondary N) is 2. The average Bonchev–Trinajstić information content (AvgIpc) is 2.41. The monoisotopic (exact) mass is 287 g/mol. The molecule has 1 unspecified atom stereocenters. The van der Waals surface area contributed by atoms with E-state index in [1.165, 1.54) is 18.7 Å². The van der Waals surface area contributed by atoms with Crippen LogP contribution in [0, 0.1) is 6.92 Å². The second-order valence-corrected chi connectivity index (χ2v) is 5.29. The van der Waals surface area contributed by atoms with E-state index in [4.69, 9.17) is 11.7 Å². The molecule has 19 heavy (non-hydrogen) atoms. The number of morpholine rings is 1. The molecule has 1 atom stereocenters. The lowest BCUT2D eigenvalue weighted by atomic mass is 10.4. The summed E-state index contributed by atoms with van der Waals surface area (Å²) in [7, 11) is 0. The summed E-state index contributed by atoms with van der Waals surface area (Å²) >= 11 is 1.40. The van der Waals surface area contributed by atoms with Gasteiger partial charge in [0.05, 0.1) is 24.3 Å². The van der Waals surface area contributed by atoms with E-state index in [0.717, 1.165) is 13.1 Å². The van der Waals surface area contributed by atoms with Gasteiger partial charge in [0.1, 0.15) is 0 Å². The highest BCUT2D eigenvalue weighted by Crippen LogP contribution is 2.15. The molecule has 2 radical (unpaired) electrons. The van der Waals surface area contributed by atoms with Crippen LogP contribution in [-0.4, -0.2) is 67.2 Å². The fourth-order valence-corrected chi connectivity index (χ4v) is 2.44. The molecule has 0 bridgehead atoms. The molecule has 0 saturated carbocycles. The minimum Gasteiger partial charge on any atom is -0.379 e. The summed E-state index contributed by atoms with van der Waals surface area (Å²) in [4.78, 5) is 24.2. The largest absolute Gasteiger partial charge is 0.379 e. The first-order valence-electron chi connectivity index (χ1n) is 6.29. The zero-order chi connectivity index (χ0) is 14.1. The maximum absolute atomic E-state index is 11.5. The van der Waals surface area contributed by atoms with Gasteiger partial charge in [0, 0.05) is 33.1 Å². The Labute approximate surface area is 118 Å². The number of carbonyl (C=O) groups excluding carboxylic acids is 2. The number of hydrogen-bond donors (Lipinski definition) is 2. The Balaban J connectivity index is 2.06. The highest BCUT2D eigenvalue weighted by molar-refractivity contribution is 8.00. The van der Waals surface area contributed by atoms with Crippen LogP contribution in [0.2, 0.25) is 0 Å². The maximum atomic E-state index is 11.5. The molecule has 0 aromatic carbocycles. The van der Waals surface area contributed by atoms with Crippen molar-refractivity contribution in [3.05, 3.63) is 6.92 Å².